The molecule has 1 aromatic carbocycles. The van der Waals surface area contributed by atoms with Gasteiger partial charge in [0.1, 0.15) is 0 Å². The van der Waals surface area contributed by atoms with Gasteiger partial charge in [-0.1, -0.05) is 32.9 Å². The SMILES string of the molecule is CC(C)(C)c1ccc([IH+])cc1.FC(F)F. The second-order valence-corrected chi connectivity index (χ2v) is 5.37. The Hall–Kier alpha value is -0.260. The first-order valence-corrected chi connectivity index (χ1v) is 5.60. The zero-order valence-electron chi connectivity index (χ0n) is 8.93. The van der Waals surface area contributed by atoms with Crippen LogP contribution in [0.5, 0.6) is 0 Å². The van der Waals surface area contributed by atoms with Crippen LogP contribution in [0.25, 0.3) is 0 Å². The highest BCUT2D eigenvalue weighted by Crippen LogP contribution is 2.20. The lowest BCUT2D eigenvalue weighted by Crippen LogP contribution is -3.34. The van der Waals surface area contributed by atoms with E-state index in [-0.39, 0.29) is 5.41 Å². The summed E-state index contributed by atoms with van der Waals surface area (Å²) in [4.78, 5) is 0. The van der Waals surface area contributed by atoms with Gasteiger partial charge in [0, 0.05) is 0 Å². The molecule has 0 saturated heterocycles. The summed E-state index contributed by atoms with van der Waals surface area (Å²) < 4.78 is 30.3. The van der Waals surface area contributed by atoms with Gasteiger partial charge in [-0.2, -0.15) is 13.2 Å². The quantitative estimate of drug-likeness (QED) is 0.612. The lowest BCUT2D eigenvalue weighted by Gasteiger charge is -2.17. The van der Waals surface area contributed by atoms with Crippen LogP contribution in [0.2, 0.25) is 0 Å². The van der Waals surface area contributed by atoms with Crippen LogP contribution in [0, 0.1) is 3.57 Å². The summed E-state index contributed by atoms with van der Waals surface area (Å²) in [6.45, 7) is 3.04. The molecule has 0 atom stereocenters. The van der Waals surface area contributed by atoms with Crippen molar-refractivity contribution in [2.75, 3.05) is 0 Å². The third kappa shape index (κ3) is 7.64. The Kier molecular flexibility index (Phi) is 6.24. The lowest BCUT2D eigenvalue weighted by molar-refractivity contribution is -0.328. The van der Waals surface area contributed by atoms with Crippen molar-refractivity contribution in [1.29, 1.82) is 0 Å². The van der Waals surface area contributed by atoms with Crippen molar-refractivity contribution in [1.82, 2.24) is 0 Å². The van der Waals surface area contributed by atoms with Gasteiger partial charge in [0.25, 0.3) is 22.6 Å². The van der Waals surface area contributed by atoms with Gasteiger partial charge < -0.3 is 0 Å². The zero-order chi connectivity index (χ0) is 12.1. The van der Waals surface area contributed by atoms with Gasteiger partial charge in [0.15, 0.2) is 3.57 Å². The van der Waals surface area contributed by atoms with Crippen LogP contribution in [0.4, 0.5) is 13.2 Å². The van der Waals surface area contributed by atoms with E-state index in [4.69, 9.17) is 0 Å². The normalized spacial score (nSPS) is 10.9. The molecule has 0 fully saturated rings. The number of halogens is 4. The molecule has 0 aliphatic carbocycles. The number of alkyl halides is 3. The molecule has 0 radical (unpaired) electrons. The van der Waals surface area contributed by atoms with E-state index < -0.39 is 6.68 Å². The van der Waals surface area contributed by atoms with E-state index in [1.165, 1.54) is 9.13 Å². The summed E-state index contributed by atoms with van der Waals surface area (Å²) in [5.41, 5.74) is 1.69. The largest absolute Gasteiger partial charge is 0.379 e. The maximum Gasteiger partial charge on any atom is 0.379 e. The van der Waals surface area contributed by atoms with Crippen molar-refractivity contribution in [2.45, 2.75) is 32.9 Å². The standard InChI is InChI=1S/C10H14I.CHF3/c1-10(2,3)8-4-6-9(11)7-5-8;2-1(3)4/h4-7,11H,1-3H3;1H/q+1;. The van der Waals surface area contributed by atoms with Gasteiger partial charge in [0.2, 0.25) is 0 Å². The van der Waals surface area contributed by atoms with E-state index in [2.05, 4.69) is 45.0 Å². The molecule has 0 spiro atoms. The third-order valence-electron chi connectivity index (χ3n) is 1.72. The molecule has 0 nitrogen and oxygen atoms in total. The second-order valence-electron chi connectivity index (χ2n) is 4.02. The smallest absolute Gasteiger partial charge is 0.174 e. The van der Waals surface area contributed by atoms with Crippen molar-refractivity contribution in [3.8, 4) is 0 Å². The van der Waals surface area contributed by atoms with Crippen LogP contribution in [-0.2, 0) is 5.41 Å². The van der Waals surface area contributed by atoms with Gasteiger partial charge in [-0.15, -0.1) is 0 Å². The van der Waals surface area contributed by atoms with Crippen LogP contribution >= 0.6 is 0 Å². The van der Waals surface area contributed by atoms with Crippen LogP contribution in [-0.4, -0.2) is 6.68 Å². The lowest BCUT2D eigenvalue weighted by atomic mass is 9.87. The summed E-state index contributed by atoms with van der Waals surface area (Å²) in [6, 6.07) is 8.76. The Bertz CT molecular complexity index is 272. The first-order chi connectivity index (χ1) is 6.73. The molecule has 0 saturated carbocycles. The number of hydrogen-bond donors (Lipinski definition) is 0. The number of rotatable bonds is 0. The molecule has 0 amide bonds. The first kappa shape index (κ1) is 14.7. The average molecular weight is 331 g/mol. The molecule has 86 valence electrons. The Morgan fingerprint density at radius 1 is 1.00 bits per heavy atom. The molecule has 4 heteroatoms. The molecule has 1 rings (SSSR count). The molecule has 0 aliphatic heterocycles. The van der Waals surface area contributed by atoms with Crippen molar-refractivity contribution in [2.24, 2.45) is 0 Å². The minimum atomic E-state index is -3.67. The van der Waals surface area contributed by atoms with E-state index in [9.17, 15) is 13.2 Å². The minimum Gasteiger partial charge on any atom is -0.174 e. The summed E-state index contributed by atoms with van der Waals surface area (Å²) in [5.74, 6) is 0. The molecule has 0 aromatic heterocycles. The molecular formula is C11H15F3I+. The van der Waals surface area contributed by atoms with Gasteiger partial charge in [0.05, 0.1) is 0 Å². The Morgan fingerprint density at radius 3 is 1.60 bits per heavy atom. The molecule has 0 bridgehead atoms. The predicted octanol–water partition coefficient (Wildman–Crippen LogP) is 0.618. The maximum atomic E-state index is 9.67. The van der Waals surface area contributed by atoms with Crippen molar-refractivity contribution < 1.29 is 35.8 Å². The van der Waals surface area contributed by atoms with Crippen LogP contribution < -0.4 is 22.6 Å². The maximum absolute atomic E-state index is 9.67. The van der Waals surface area contributed by atoms with Crippen molar-refractivity contribution >= 4 is 0 Å². The van der Waals surface area contributed by atoms with Gasteiger partial charge in [-0.05, 0) is 23.1 Å². The van der Waals surface area contributed by atoms with E-state index in [1.54, 1.807) is 0 Å². The Labute approximate surface area is 102 Å². The first-order valence-electron chi connectivity index (χ1n) is 4.43. The van der Waals surface area contributed by atoms with E-state index in [0.717, 1.165) is 0 Å². The van der Waals surface area contributed by atoms with Crippen molar-refractivity contribution in [3.63, 3.8) is 0 Å². The summed E-state index contributed by atoms with van der Waals surface area (Å²) in [5, 5.41) is 0. The summed E-state index contributed by atoms with van der Waals surface area (Å²) in [6.07, 6.45) is 0. The van der Waals surface area contributed by atoms with Crippen LogP contribution in [0.1, 0.15) is 26.3 Å². The fraction of sp³-hybridized carbons (Fsp3) is 0.455. The van der Waals surface area contributed by atoms with Crippen LogP contribution in [0.3, 0.4) is 0 Å². The highest BCUT2D eigenvalue weighted by molar-refractivity contribution is 5.21. The molecule has 0 N–H and O–H groups in total. The predicted molar refractivity (Wildman–Crippen MR) is 52.3 cm³/mol. The van der Waals surface area contributed by atoms with Gasteiger partial charge >= 0.3 is 6.68 Å². The fourth-order valence-electron chi connectivity index (χ4n) is 0.955. The van der Waals surface area contributed by atoms with E-state index >= 15 is 0 Å². The number of benzene rings is 1. The topological polar surface area (TPSA) is 0 Å². The highest BCUT2D eigenvalue weighted by Gasteiger charge is 2.12. The average Bonchev–Trinajstić information content (AvgIpc) is 2.01. The Morgan fingerprint density at radius 2 is 1.33 bits per heavy atom. The molecule has 0 aliphatic rings. The second kappa shape index (κ2) is 6.35. The Balaban J connectivity index is 0.000000423. The summed E-state index contributed by atoms with van der Waals surface area (Å²) >= 11 is 2.05. The van der Waals surface area contributed by atoms with E-state index in [0.29, 0.717) is 0 Å². The third-order valence-corrected chi connectivity index (χ3v) is 2.50. The van der Waals surface area contributed by atoms with Gasteiger partial charge in [-0.3, -0.25) is 0 Å². The fourth-order valence-corrected chi connectivity index (χ4v) is 1.34. The summed E-state index contributed by atoms with van der Waals surface area (Å²) in [7, 11) is 0. The molecular weight excluding hydrogens is 316 g/mol. The number of hydrogen-bond acceptors (Lipinski definition) is 0. The van der Waals surface area contributed by atoms with Crippen LogP contribution in [0.15, 0.2) is 24.3 Å². The monoisotopic (exact) mass is 331 g/mol. The van der Waals surface area contributed by atoms with E-state index in [1.807, 2.05) is 22.6 Å². The highest BCUT2D eigenvalue weighted by atomic mass is 127. The minimum absolute atomic E-state index is 0.287. The molecule has 0 heterocycles. The zero-order valence-corrected chi connectivity index (χ0v) is 11.3. The molecule has 0 unspecified atom stereocenters. The van der Waals surface area contributed by atoms with Gasteiger partial charge in [-0.25, -0.2) is 0 Å². The molecule has 15 heavy (non-hydrogen) atoms. The van der Waals surface area contributed by atoms with Crippen molar-refractivity contribution in [3.05, 3.63) is 33.4 Å². The molecule has 1 aromatic rings.